The molecule has 206 valence electrons. The Labute approximate surface area is 210 Å². The molecule has 2 atom stereocenters. The van der Waals surface area contributed by atoms with Gasteiger partial charge in [0.05, 0.1) is 7.11 Å². The van der Waals surface area contributed by atoms with E-state index in [4.69, 9.17) is 19.4 Å². The molecule has 0 saturated carbocycles. The van der Waals surface area contributed by atoms with E-state index >= 15 is 0 Å². The molecule has 36 heavy (non-hydrogen) atoms. The Morgan fingerprint density at radius 1 is 0.944 bits per heavy atom. The van der Waals surface area contributed by atoms with Crippen molar-refractivity contribution in [2.45, 2.75) is 79.3 Å². The van der Waals surface area contributed by atoms with Gasteiger partial charge in [-0.2, -0.15) is 13.2 Å². The van der Waals surface area contributed by atoms with Crippen molar-refractivity contribution in [3.05, 3.63) is 35.9 Å². The van der Waals surface area contributed by atoms with Gasteiger partial charge in [0.25, 0.3) is 0 Å². The number of halogens is 3. The zero-order valence-electron chi connectivity index (χ0n) is 22.0. The van der Waals surface area contributed by atoms with E-state index in [9.17, 15) is 22.8 Å². The minimum Gasteiger partial charge on any atom is -0.475 e. The molecule has 1 rings (SSSR count). The molecule has 0 aliphatic heterocycles. The third kappa shape index (κ3) is 16.7. The van der Waals surface area contributed by atoms with Crippen molar-refractivity contribution in [1.82, 2.24) is 10.6 Å². The van der Waals surface area contributed by atoms with Crippen LogP contribution in [0.25, 0.3) is 0 Å². The highest BCUT2D eigenvalue weighted by Gasteiger charge is 2.38. The Morgan fingerprint density at radius 3 is 1.86 bits per heavy atom. The minimum absolute atomic E-state index is 0.00382. The lowest BCUT2D eigenvalue weighted by Gasteiger charge is -2.30. The fourth-order valence-corrected chi connectivity index (χ4v) is 3.12. The van der Waals surface area contributed by atoms with Crippen molar-refractivity contribution in [1.29, 1.82) is 0 Å². The van der Waals surface area contributed by atoms with E-state index in [0.29, 0.717) is 13.0 Å². The number of carbonyl (C=O) groups is 3. The molecule has 0 aliphatic rings. The van der Waals surface area contributed by atoms with Gasteiger partial charge in [0.1, 0.15) is 12.6 Å². The molecule has 0 spiro atoms. The number of benzene rings is 1. The molecule has 0 aromatic heterocycles. The van der Waals surface area contributed by atoms with Crippen molar-refractivity contribution < 1.29 is 42.1 Å². The number of aliphatic carboxylic acids is 1. The van der Waals surface area contributed by atoms with E-state index in [0.717, 1.165) is 12.0 Å². The fourth-order valence-electron chi connectivity index (χ4n) is 3.12. The number of carboxylic acids is 1. The van der Waals surface area contributed by atoms with Crippen molar-refractivity contribution in [2.24, 2.45) is 10.8 Å². The molecule has 8 nitrogen and oxygen atoms in total. The molecule has 1 amide bonds. The molecule has 0 bridgehead atoms. The van der Waals surface area contributed by atoms with Gasteiger partial charge in [0, 0.05) is 12.6 Å². The standard InChI is InChI=1S/C23H38N2O4.C2HF3O2/c1-22(2,3)13-18(15-24-19(20(26)28-7)14-23(4,5)6)25-21(27)29-16-17-11-9-8-10-12-17;3-2(4,5)1(6)7/h8-12,18-19,24H,13-16H2,1-7H3,(H,25,27);(H,6,7)/t18-,19+;/m1./s1. The Kier molecular flexibility index (Phi) is 13.5. The lowest BCUT2D eigenvalue weighted by atomic mass is 9.86. The van der Waals surface area contributed by atoms with Crippen LogP contribution in [0.5, 0.6) is 0 Å². The Morgan fingerprint density at radius 2 is 1.44 bits per heavy atom. The van der Waals surface area contributed by atoms with E-state index in [-0.39, 0.29) is 29.4 Å². The molecule has 0 radical (unpaired) electrons. The number of alkyl carbamates (subject to hydrolysis) is 1. The number of ether oxygens (including phenoxy) is 2. The van der Waals surface area contributed by atoms with Gasteiger partial charge in [-0.25, -0.2) is 9.59 Å². The van der Waals surface area contributed by atoms with Gasteiger partial charge >= 0.3 is 24.2 Å². The van der Waals surface area contributed by atoms with Crippen LogP contribution in [0.2, 0.25) is 0 Å². The maximum absolute atomic E-state index is 12.3. The largest absolute Gasteiger partial charge is 0.490 e. The summed E-state index contributed by atoms with van der Waals surface area (Å²) in [6.45, 7) is 13.3. The maximum Gasteiger partial charge on any atom is 0.490 e. The summed E-state index contributed by atoms with van der Waals surface area (Å²) in [4.78, 5) is 33.4. The highest BCUT2D eigenvalue weighted by atomic mass is 19.4. The number of methoxy groups -OCH3 is 1. The second kappa shape index (κ2) is 14.7. The van der Waals surface area contributed by atoms with E-state index in [1.807, 2.05) is 30.3 Å². The second-order valence-corrected chi connectivity index (χ2v) is 10.7. The molecule has 11 heteroatoms. The quantitative estimate of drug-likeness (QED) is 0.396. The molecule has 0 saturated heterocycles. The summed E-state index contributed by atoms with van der Waals surface area (Å²) in [5.41, 5.74) is 0.904. The van der Waals surface area contributed by atoms with Gasteiger partial charge in [-0.3, -0.25) is 4.79 Å². The van der Waals surface area contributed by atoms with Gasteiger partial charge in [-0.15, -0.1) is 0 Å². The van der Waals surface area contributed by atoms with Gasteiger partial charge in [0.2, 0.25) is 0 Å². The van der Waals surface area contributed by atoms with Crippen molar-refractivity contribution in [3.8, 4) is 0 Å². The van der Waals surface area contributed by atoms with E-state index in [1.54, 1.807) is 0 Å². The summed E-state index contributed by atoms with van der Waals surface area (Å²) >= 11 is 0. The zero-order chi connectivity index (χ0) is 28.2. The summed E-state index contributed by atoms with van der Waals surface area (Å²) < 4.78 is 42.0. The monoisotopic (exact) mass is 520 g/mol. The second-order valence-electron chi connectivity index (χ2n) is 10.7. The smallest absolute Gasteiger partial charge is 0.475 e. The third-order valence-corrected chi connectivity index (χ3v) is 4.55. The predicted octanol–water partition coefficient (Wildman–Crippen LogP) is 4.92. The maximum atomic E-state index is 12.3. The van der Waals surface area contributed by atoms with Crippen LogP contribution < -0.4 is 10.6 Å². The normalized spacial score (nSPS) is 13.5. The number of alkyl halides is 3. The van der Waals surface area contributed by atoms with Crippen LogP contribution in [-0.4, -0.2) is 55.1 Å². The van der Waals surface area contributed by atoms with Crippen molar-refractivity contribution in [2.75, 3.05) is 13.7 Å². The van der Waals surface area contributed by atoms with Gasteiger partial charge in [0.15, 0.2) is 0 Å². The molecule has 1 aromatic rings. The van der Waals surface area contributed by atoms with E-state index in [1.165, 1.54) is 7.11 Å². The number of hydrogen-bond donors (Lipinski definition) is 3. The number of carbonyl (C=O) groups excluding carboxylic acids is 2. The van der Waals surface area contributed by atoms with Crippen LogP contribution in [0.15, 0.2) is 30.3 Å². The summed E-state index contributed by atoms with van der Waals surface area (Å²) in [6, 6.07) is 8.96. The Balaban J connectivity index is 0.00000152. The number of amides is 1. The van der Waals surface area contributed by atoms with Gasteiger partial charge in [-0.1, -0.05) is 71.9 Å². The first-order chi connectivity index (χ1) is 16.3. The van der Waals surface area contributed by atoms with Gasteiger partial charge < -0.3 is 25.2 Å². The first kappa shape index (κ1) is 33.2. The van der Waals surface area contributed by atoms with Crippen LogP contribution in [0.3, 0.4) is 0 Å². The summed E-state index contributed by atoms with van der Waals surface area (Å²) in [5.74, 6) is -3.05. The molecule has 1 aromatic carbocycles. The van der Waals surface area contributed by atoms with Gasteiger partial charge in [-0.05, 0) is 29.2 Å². The van der Waals surface area contributed by atoms with Crippen LogP contribution in [-0.2, 0) is 25.7 Å². The fraction of sp³-hybridized carbons (Fsp3) is 0.640. The number of rotatable bonds is 9. The first-order valence-corrected chi connectivity index (χ1v) is 11.4. The summed E-state index contributed by atoms with van der Waals surface area (Å²) in [7, 11) is 1.39. The topological polar surface area (TPSA) is 114 Å². The lowest BCUT2D eigenvalue weighted by molar-refractivity contribution is -0.192. The average molecular weight is 521 g/mol. The first-order valence-electron chi connectivity index (χ1n) is 11.4. The SMILES string of the molecule is COC(=O)[C@H](CC(C)(C)C)NC[C@@H](CC(C)(C)C)NC(=O)OCc1ccccc1.O=C(O)C(F)(F)F. The number of nitrogens with one attached hydrogen (secondary N) is 2. The summed E-state index contributed by atoms with van der Waals surface area (Å²) in [5, 5.41) is 13.4. The molecular formula is C25H39F3N2O6. The van der Waals surface area contributed by atoms with E-state index in [2.05, 4.69) is 52.2 Å². The van der Waals surface area contributed by atoms with Crippen LogP contribution in [0.1, 0.15) is 59.9 Å². The van der Waals surface area contributed by atoms with Crippen molar-refractivity contribution in [3.63, 3.8) is 0 Å². The third-order valence-electron chi connectivity index (χ3n) is 4.55. The average Bonchev–Trinajstić information content (AvgIpc) is 2.73. The Bertz CT molecular complexity index is 818. The van der Waals surface area contributed by atoms with Crippen LogP contribution >= 0.6 is 0 Å². The molecule has 3 N–H and O–H groups in total. The molecule has 0 aliphatic carbocycles. The van der Waals surface area contributed by atoms with Crippen molar-refractivity contribution >= 4 is 18.0 Å². The minimum atomic E-state index is -5.08. The highest BCUT2D eigenvalue weighted by molar-refractivity contribution is 5.75. The zero-order valence-corrected chi connectivity index (χ0v) is 22.0. The molecule has 0 unspecified atom stereocenters. The Hall–Kier alpha value is -2.82. The van der Waals surface area contributed by atoms with Crippen LogP contribution in [0.4, 0.5) is 18.0 Å². The van der Waals surface area contributed by atoms with E-state index < -0.39 is 24.3 Å². The molecule has 0 fully saturated rings. The van der Waals surface area contributed by atoms with Crippen LogP contribution in [0, 0.1) is 10.8 Å². The highest BCUT2D eigenvalue weighted by Crippen LogP contribution is 2.23. The summed E-state index contributed by atoms with van der Waals surface area (Å²) in [6.07, 6.45) is -4.17. The predicted molar refractivity (Wildman–Crippen MR) is 129 cm³/mol. The number of carboxylic acid groups (broad SMARTS) is 1. The molecular weight excluding hydrogens is 481 g/mol. The lowest BCUT2D eigenvalue weighted by Crippen LogP contribution is -2.49. The number of hydrogen-bond acceptors (Lipinski definition) is 6. The molecule has 0 heterocycles. The number of esters is 1.